The number of halogens is 2. The Kier molecular flexibility index (Phi) is 4.76. The van der Waals surface area contributed by atoms with Gasteiger partial charge >= 0.3 is 0 Å². The van der Waals surface area contributed by atoms with Crippen molar-refractivity contribution in [2.24, 2.45) is 5.73 Å². The highest BCUT2D eigenvalue weighted by atomic mass is 19.1. The van der Waals surface area contributed by atoms with E-state index in [0.29, 0.717) is 41.5 Å². The molecule has 2 aromatic heterocycles. The van der Waals surface area contributed by atoms with Crippen LogP contribution in [-0.2, 0) is 6.42 Å². The third-order valence-electron chi connectivity index (χ3n) is 3.89. The minimum Gasteiger partial charge on any atom is -0.481 e. The molecule has 25 heavy (non-hydrogen) atoms. The number of benzene rings is 1. The van der Waals surface area contributed by atoms with Gasteiger partial charge in [0.05, 0.1) is 24.7 Å². The summed E-state index contributed by atoms with van der Waals surface area (Å²) in [4.78, 5) is 8.34. The smallest absolute Gasteiger partial charge is 0.221 e. The fourth-order valence-electron chi connectivity index (χ4n) is 2.61. The molecule has 0 aliphatic rings. The molecule has 0 aliphatic heterocycles. The van der Waals surface area contributed by atoms with Crippen LogP contribution >= 0.6 is 0 Å². The second kappa shape index (κ2) is 6.98. The van der Waals surface area contributed by atoms with E-state index in [1.165, 1.54) is 23.9 Å². The lowest BCUT2D eigenvalue weighted by atomic mass is 10.1. The van der Waals surface area contributed by atoms with E-state index < -0.39 is 5.95 Å². The molecule has 0 aliphatic carbocycles. The molecule has 5 nitrogen and oxygen atoms in total. The predicted octanol–water partition coefficient (Wildman–Crippen LogP) is 3.03. The Bertz CT molecular complexity index is 891. The largest absolute Gasteiger partial charge is 0.481 e. The summed E-state index contributed by atoms with van der Waals surface area (Å²) in [6, 6.07) is 8.00. The zero-order valence-electron chi connectivity index (χ0n) is 14.0. The van der Waals surface area contributed by atoms with Crippen LogP contribution in [0, 0.1) is 18.7 Å². The van der Waals surface area contributed by atoms with Crippen molar-refractivity contribution in [1.29, 1.82) is 0 Å². The molecule has 0 radical (unpaired) electrons. The Morgan fingerprint density at radius 1 is 1.20 bits per heavy atom. The van der Waals surface area contributed by atoms with Gasteiger partial charge in [0.1, 0.15) is 11.6 Å². The highest BCUT2D eigenvalue weighted by Crippen LogP contribution is 2.27. The van der Waals surface area contributed by atoms with E-state index in [1.807, 2.05) is 0 Å². The number of nitrogens with two attached hydrogens (primary N) is 1. The summed E-state index contributed by atoms with van der Waals surface area (Å²) in [5.74, 6) is -0.184. The number of aromatic nitrogens is 3. The van der Waals surface area contributed by atoms with Crippen LogP contribution in [0.1, 0.15) is 11.3 Å². The molecule has 130 valence electrons. The van der Waals surface area contributed by atoms with Crippen LogP contribution < -0.4 is 10.5 Å². The van der Waals surface area contributed by atoms with Gasteiger partial charge in [-0.1, -0.05) is 12.1 Å². The molecule has 0 amide bonds. The molecule has 0 saturated heterocycles. The number of hydrogen-bond donors (Lipinski definition) is 1. The van der Waals surface area contributed by atoms with Crippen LogP contribution in [-0.4, -0.2) is 28.2 Å². The number of aryl methyl sites for hydroxylation is 1. The number of methoxy groups -OCH3 is 1. The average molecular weight is 344 g/mol. The second-order valence-corrected chi connectivity index (χ2v) is 5.55. The third kappa shape index (κ3) is 3.23. The van der Waals surface area contributed by atoms with Gasteiger partial charge in [0.2, 0.25) is 11.8 Å². The lowest BCUT2D eigenvalue weighted by Gasteiger charge is -2.10. The van der Waals surface area contributed by atoms with Gasteiger partial charge in [0, 0.05) is 11.6 Å². The minimum absolute atomic E-state index is 0.220. The number of rotatable bonds is 5. The van der Waals surface area contributed by atoms with Gasteiger partial charge in [-0.2, -0.15) is 4.39 Å². The van der Waals surface area contributed by atoms with Crippen molar-refractivity contribution >= 4 is 0 Å². The molecule has 0 unspecified atom stereocenters. The summed E-state index contributed by atoms with van der Waals surface area (Å²) in [5, 5.41) is 0. The number of ether oxygens (including phenoxy) is 1. The van der Waals surface area contributed by atoms with Crippen LogP contribution in [0.15, 0.2) is 36.5 Å². The van der Waals surface area contributed by atoms with Gasteiger partial charge in [-0.25, -0.2) is 14.4 Å². The summed E-state index contributed by atoms with van der Waals surface area (Å²) in [5.41, 5.74) is 7.16. The Morgan fingerprint density at radius 3 is 2.60 bits per heavy atom. The first-order valence-corrected chi connectivity index (χ1v) is 7.79. The molecule has 3 rings (SSSR count). The molecule has 2 N–H and O–H groups in total. The lowest BCUT2D eigenvalue weighted by molar-refractivity contribution is 0.397. The quantitative estimate of drug-likeness (QED) is 0.773. The maximum Gasteiger partial charge on any atom is 0.221 e. The first kappa shape index (κ1) is 17.0. The van der Waals surface area contributed by atoms with Gasteiger partial charge in [-0.15, -0.1) is 0 Å². The normalized spacial score (nSPS) is 10.9. The molecule has 2 heterocycles. The fraction of sp³-hybridized carbons (Fsp3) is 0.222. The molecule has 0 bridgehead atoms. The Morgan fingerprint density at radius 2 is 2.00 bits per heavy atom. The summed E-state index contributed by atoms with van der Waals surface area (Å²) < 4.78 is 35.2. The van der Waals surface area contributed by atoms with Gasteiger partial charge in [-0.05, 0) is 37.6 Å². The minimum atomic E-state index is -0.520. The average Bonchev–Trinajstić information content (AvgIpc) is 2.92. The fourth-order valence-corrected chi connectivity index (χ4v) is 2.61. The molecular weight excluding hydrogens is 326 g/mol. The molecule has 7 heteroatoms. The van der Waals surface area contributed by atoms with E-state index in [0.717, 1.165) is 0 Å². The summed E-state index contributed by atoms with van der Waals surface area (Å²) in [6.45, 7) is 1.92. The lowest BCUT2D eigenvalue weighted by Crippen LogP contribution is -2.05. The van der Waals surface area contributed by atoms with Gasteiger partial charge in [0.25, 0.3) is 0 Å². The van der Waals surface area contributed by atoms with Crippen LogP contribution in [0.3, 0.4) is 0 Å². The zero-order valence-corrected chi connectivity index (χ0v) is 14.0. The van der Waals surface area contributed by atoms with E-state index in [9.17, 15) is 8.78 Å². The number of nitrogens with zero attached hydrogens (tertiary/aromatic N) is 3. The summed E-state index contributed by atoms with van der Waals surface area (Å²) in [6.07, 6.45) is 1.92. The molecule has 0 atom stereocenters. The molecular formula is C18H18F2N4O. The predicted molar refractivity (Wildman–Crippen MR) is 90.8 cm³/mol. The van der Waals surface area contributed by atoms with Crippen molar-refractivity contribution < 1.29 is 13.5 Å². The van der Waals surface area contributed by atoms with Crippen LogP contribution in [0.5, 0.6) is 5.88 Å². The molecule has 0 saturated carbocycles. The highest BCUT2D eigenvalue weighted by molar-refractivity contribution is 5.60. The highest BCUT2D eigenvalue weighted by Gasteiger charge is 2.18. The van der Waals surface area contributed by atoms with E-state index in [2.05, 4.69) is 9.97 Å². The zero-order chi connectivity index (χ0) is 18.0. The Balaban J connectivity index is 2.11. The van der Waals surface area contributed by atoms with E-state index in [1.54, 1.807) is 31.2 Å². The second-order valence-electron chi connectivity index (χ2n) is 5.55. The van der Waals surface area contributed by atoms with Crippen molar-refractivity contribution in [3.8, 4) is 23.0 Å². The van der Waals surface area contributed by atoms with Crippen molar-refractivity contribution in [3.05, 3.63) is 59.6 Å². The van der Waals surface area contributed by atoms with Crippen molar-refractivity contribution in [2.45, 2.75) is 13.3 Å². The molecule has 3 aromatic rings. The van der Waals surface area contributed by atoms with Crippen molar-refractivity contribution in [3.63, 3.8) is 0 Å². The summed E-state index contributed by atoms with van der Waals surface area (Å²) >= 11 is 0. The Hall–Kier alpha value is -2.80. The van der Waals surface area contributed by atoms with Crippen LogP contribution in [0.2, 0.25) is 0 Å². The standard InChI is InChI=1S/C18H18F2N4O/c1-11-17(20)24(14-5-6-16(25-2)22-10-14)18(23-11)13-4-3-12(7-8-21)15(19)9-13/h3-6,9-10H,7-8,21H2,1-2H3. The van der Waals surface area contributed by atoms with E-state index in [4.69, 9.17) is 10.5 Å². The van der Waals surface area contributed by atoms with Crippen LogP contribution in [0.4, 0.5) is 8.78 Å². The maximum atomic E-state index is 14.6. The van der Waals surface area contributed by atoms with Crippen molar-refractivity contribution in [1.82, 2.24) is 14.5 Å². The van der Waals surface area contributed by atoms with Crippen molar-refractivity contribution in [2.75, 3.05) is 13.7 Å². The number of imidazole rings is 1. The maximum absolute atomic E-state index is 14.6. The molecule has 0 fully saturated rings. The Labute approximate surface area is 144 Å². The monoisotopic (exact) mass is 344 g/mol. The van der Waals surface area contributed by atoms with Gasteiger partial charge < -0.3 is 10.5 Å². The number of pyridine rings is 1. The number of hydrogen-bond acceptors (Lipinski definition) is 4. The van der Waals surface area contributed by atoms with Gasteiger partial charge in [0.15, 0.2) is 0 Å². The van der Waals surface area contributed by atoms with Gasteiger partial charge in [-0.3, -0.25) is 4.57 Å². The first-order valence-electron chi connectivity index (χ1n) is 7.79. The topological polar surface area (TPSA) is 66.0 Å². The van der Waals surface area contributed by atoms with E-state index >= 15 is 0 Å². The SMILES string of the molecule is COc1ccc(-n2c(-c3ccc(CCN)c(F)c3)nc(C)c2F)cn1. The third-order valence-corrected chi connectivity index (χ3v) is 3.89. The van der Waals surface area contributed by atoms with E-state index in [-0.39, 0.29) is 11.5 Å². The van der Waals surface area contributed by atoms with Crippen LogP contribution in [0.25, 0.3) is 17.1 Å². The molecule has 0 spiro atoms. The molecule has 1 aromatic carbocycles. The first-order chi connectivity index (χ1) is 12.0. The summed E-state index contributed by atoms with van der Waals surface area (Å²) in [7, 11) is 1.50.